The van der Waals surface area contributed by atoms with Gasteiger partial charge >= 0.3 is 0 Å². The van der Waals surface area contributed by atoms with E-state index in [-0.39, 0.29) is 5.91 Å². The lowest BCUT2D eigenvalue weighted by molar-refractivity contribution is -0.117. The number of benzene rings is 1. The molecule has 0 N–H and O–H groups in total. The molecule has 2 rings (SSSR count). The molecule has 1 saturated heterocycles. The van der Waals surface area contributed by atoms with E-state index < -0.39 is 0 Å². The van der Waals surface area contributed by atoms with Crippen LogP contribution in [-0.4, -0.2) is 11.9 Å². The molecule has 1 heterocycles. The van der Waals surface area contributed by atoms with Crippen molar-refractivity contribution >= 4 is 11.6 Å². The lowest BCUT2D eigenvalue weighted by Crippen LogP contribution is -2.36. The van der Waals surface area contributed by atoms with E-state index in [4.69, 9.17) is 0 Å². The Bertz CT molecular complexity index is 380. The maximum Gasteiger partial charge on any atom is 0.227 e. The molecule has 2 heteroatoms. The smallest absolute Gasteiger partial charge is 0.227 e. The summed E-state index contributed by atoms with van der Waals surface area (Å²) in [6.45, 7) is 6.43. The normalized spacial score (nSPS) is 20.9. The molecule has 1 amide bonds. The van der Waals surface area contributed by atoms with E-state index in [1.807, 2.05) is 17.0 Å². The minimum atomic E-state index is 0.266. The molecule has 0 spiro atoms. The number of carbonyl (C=O) groups is 1. The third-order valence-corrected chi connectivity index (χ3v) is 3.34. The highest BCUT2D eigenvalue weighted by Gasteiger charge is 2.33. The quantitative estimate of drug-likeness (QED) is 0.745. The Hall–Kier alpha value is -1.31. The number of rotatable bonds is 2. The molecule has 0 saturated carbocycles. The Kier molecular flexibility index (Phi) is 2.99. The topological polar surface area (TPSA) is 20.3 Å². The SMILES string of the molecule is Cc1ccc(N2C(=O)CCC2C(C)C)cc1. The minimum Gasteiger partial charge on any atom is -0.309 e. The lowest BCUT2D eigenvalue weighted by Gasteiger charge is -2.27. The van der Waals surface area contributed by atoms with Crippen LogP contribution in [0.25, 0.3) is 0 Å². The van der Waals surface area contributed by atoms with Crippen LogP contribution in [0, 0.1) is 12.8 Å². The first-order chi connectivity index (χ1) is 7.59. The van der Waals surface area contributed by atoms with Crippen LogP contribution in [-0.2, 0) is 4.79 Å². The molecule has 2 nitrogen and oxygen atoms in total. The molecule has 1 aromatic rings. The second kappa shape index (κ2) is 4.28. The van der Waals surface area contributed by atoms with Crippen LogP contribution >= 0.6 is 0 Å². The van der Waals surface area contributed by atoms with Gasteiger partial charge in [0.2, 0.25) is 5.91 Å². The second-order valence-electron chi connectivity index (χ2n) is 4.95. The molecule has 0 bridgehead atoms. The fraction of sp³-hybridized carbons (Fsp3) is 0.500. The van der Waals surface area contributed by atoms with E-state index in [9.17, 15) is 4.79 Å². The number of nitrogens with zero attached hydrogens (tertiary/aromatic N) is 1. The molecule has 16 heavy (non-hydrogen) atoms. The van der Waals surface area contributed by atoms with E-state index in [1.54, 1.807) is 0 Å². The Balaban J connectivity index is 2.30. The fourth-order valence-corrected chi connectivity index (χ4v) is 2.38. The van der Waals surface area contributed by atoms with Crippen LogP contribution in [0.5, 0.6) is 0 Å². The van der Waals surface area contributed by atoms with Crippen molar-refractivity contribution in [1.29, 1.82) is 0 Å². The van der Waals surface area contributed by atoms with Crippen LogP contribution in [0.1, 0.15) is 32.3 Å². The molecular weight excluding hydrogens is 198 g/mol. The van der Waals surface area contributed by atoms with Crippen LogP contribution in [0.3, 0.4) is 0 Å². The summed E-state index contributed by atoms with van der Waals surface area (Å²) in [5.41, 5.74) is 2.28. The Morgan fingerprint density at radius 2 is 1.88 bits per heavy atom. The number of anilines is 1. The maximum atomic E-state index is 11.9. The molecule has 1 atom stereocenters. The first-order valence-electron chi connectivity index (χ1n) is 5.98. The van der Waals surface area contributed by atoms with Gasteiger partial charge in [-0.2, -0.15) is 0 Å². The molecule has 1 aromatic carbocycles. The van der Waals surface area contributed by atoms with Crippen molar-refractivity contribution < 1.29 is 4.79 Å². The van der Waals surface area contributed by atoms with Gasteiger partial charge in [0.15, 0.2) is 0 Å². The highest BCUT2D eigenvalue weighted by atomic mass is 16.2. The minimum absolute atomic E-state index is 0.266. The molecular formula is C14H19NO. The van der Waals surface area contributed by atoms with Gasteiger partial charge in [-0.3, -0.25) is 4.79 Å². The number of aryl methyl sites for hydroxylation is 1. The summed E-state index contributed by atoms with van der Waals surface area (Å²) in [4.78, 5) is 13.9. The number of amides is 1. The predicted octanol–water partition coefficient (Wildman–Crippen LogP) is 3.15. The average Bonchev–Trinajstić information content (AvgIpc) is 2.62. The summed E-state index contributed by atoms with van der Waals surface area (Å²) < 4.78 is 0. The summed E-state index contributed by atoms with van der Waals surface area (Å²) in [6, 6.07) is 8.61. The molecule has 1 aliphatic rings. The number of hydrogen-bond donors (Lipinski definition) is 0. The van der Waals surface area contributed by atoms with Crippen molar-refractivity contribution in [2.45, 2.75) is 39.7 Å². The monoisotopic (exact) mass is 217 g/mol. The van der Waals surface area contributed by atoms with Crippen molar-refractivity contribution in [3.8, 4) is 0 Å². The van der Waals surface area contributed by atoms with Crippen molar-refractivity contribution in [2.75, 3.05) is 4.90 Å². The standard InChI is InChI=1S/C14H19NO/c1-10(2)13-8-9-14(16)15(13)12-6-4-11(3)5-7-12/h4-7,10,13H,8-9H2,1-3H3. The van der Waals surface area contributed by atoms with E-state index in [2.05, 4.69) is 32.9 Å². The lowest BCUT2D eigenvalue weighted by atomic mass is 10.0. The van der Waals surface area contributed by atoms with Gasteiger partial charge in [-0.05, 0) is 31.4 Å². The zero-order valence-corrected chi connectivity index (χ0v) is 10.2. The highest BCUT2D eigenvalue weighted by molar-refractivity contribution is 5.96. The third kappa shape index (κ3) is 1.97. The van der Waals surface area contributed by atoms with Crippen LogP contribution in [0.2, 0.25) is 0 Å². The summed E-state index contributed by atoms with van der Waals surface area (Å²) in [6.07, 6.45) is 1.68. The zero-order chi connectivity index (χ0) is 11.7. The van der Waals surface area contributed by atoms with Gasteiger partial charge in [-0.15, -0.1) is 0 Å². The zero-order valence-electron chi connectivity index (χ0n) is 10.2. The average molecular weight is 217 g/mol. The first kappa shape index (κ1) is 11.2. The Morgan fingerprint density at radius 1 is 1.25 bits per heavy atom. The maximum absolute atomic E-state index is 11.9. The Labute approximate surface area is 97.3 Å². The van der Waals surface area contributed by atoms with E-state index >= 15 is 0 Å². The molecule has 0 aliphatic carbocycles. The van der Waals surface area contributed by atoms with Crippen molar-refractivity contribution in [3.63, 3.8) is 0 Å². The van der Waals surface area contributed by atoms with Crippen LogP contribution in [0.15, 0.2) is 24.3 Å². The fourth-order valence-electron chi connectivity index (χ4n) is 2.38. The Morgan fingerprint density at radius 3 is 2.44 bits per heavy atom. The number of carbonyl (C=O) groups excluding carboxylic acids is 1. The van der Waals surface area contributed by atoms with Gasteiger partial charge in [0.1, 0.15) is 0 Å². The van der Waals surface area contributed by atoms with Gasteiger partial charge in [0, 0.05) is 18.2 Å². The molecule has 1 fully saturated rings. The molecule has 0 aromatic heterocycles. The molecule has 86 valence electrons. The predicted molar refractivity (Wildman–Crippen MR) is 66.5 cm³/mol. The largest absolute Gasteiger partial charge is 0.309 e. The summed E-state index contributed by atoms with van der Waals surface area (Å²) >= 11 is 0. The van der Waals surface area contributed by atoms with Gasteiger partial charge in [0.25, 0.3) is 0 Å². The van der Waals surface area contributed by atoms with Crippen LogP contribution < -0.4 is 4.90 Å². The summed E-state index contributed by atoms with van der Waals surface area (Å²) in [7, 11) is 0. The van der Waals surface area contributed by atoms with Gasteiger partial charge in [-0.25, -0.2) is 0 Å². The van der Waals surface area contributed by atoms with Gasteiger partial charge in [0.05, 0.1) is 0 Å². The third-order valence-electron chi connectivity index (χ3n) is 3.34. The molecule has 1 unspecified atom stereocenters. The number of hydrogen-bond acceptors (Lipinski definition) is 1. The van der Waals surface area contributed by atoms with E-state index in [0.29, 0.717) is 18.4 Å². The van der Waals surface area contributed by atoms with Gasteiger partial charge in [-0.1, -0.05) is 31.5 Å². The van der Waals surface area contributed by atoms with Crippen molar-refractivity contribution in [2.24, 2.45) is 5.92 Å². The second-order valence-corrected chi connectivity index (χ2v) is 4.95. The summed E-state index contributed by atoms with van der Waals surface area (Å²) in [5, 5.41) is 0. The molecule has 0 radical (unpaired) electrons. The molecule has 1 aliphatic heterocycles. The van der Waals surface area contributed by atoms with Crippen molar-refractivity contribution in [1.82, 2.24) is 0 Å². The van der Waals surface area contributed by atoms with Crippen molar-refractivity contribution in [3.05, 3.63) is 29.8 Å². The van der Waals surface area contributed by atoms with E-state index in [0.717, 1.165) is 12.1 Å². The van der Waals surface area contributed by atoms with Crippen LogP contribution in [0.4, 0.5) is 5.69 Å². The summed E-state index contributed by atoms with van der Waals surface area (Å²) in [5.74, 6) is 0.787. The van der Waals surface area contributed by atoms with Gasteiger partial charge < -0.3 is 4.90 Å². The highest BCUT2D eigenvalue weighted by Crippen LogP contribution is 2.30. The van der Waals surface area contributed by atoms with E-state index in [1.165, 1.54) is 5.56 Å². The first-order valence-corrected chi connectivity index (χ1v) is 5.98.